The number of hydrogen-bond acceptors (Lipinski definition) is 4. The molecule has 2 aromatic heterocycles. The van der Waals surface area contributed by atoms with Crippen LogP contribution in [0.15, 0.2) is 48.8 Å². The molecule has 3 aromatic rings. The second-order valence-corrected chi connectivity index (χ2v) is 4.48. The Kier molecular flexibility index (Phi) is 3.23. The van der Waals surface area contributed by atoms with E-state index in [2.05, 4.69) is 9.97 Å². The van der Waals surface area contributed by atoms with Crippen LogP contribution in [0.2, 0.25) is 0 Å². The lowest BCUT2D eigenvalue weighted by molar-refractivity contribution is 0.0699. The van der Waals surface area contributed by atoms with E-state index in [1.165, 1.54) is 6.20 Å². The summed E-state index contributed by atoms with van der Waals surface area (Å²) in [7, 11) is 1.58. The minimum atomic E-state index is -1.00. The average molecular weight is 280 g/mol. The van der Waals surface area contributed by atoms with Gasteiger partial charge in [0.25, 0.3) is 0 Å². The van der Waals surface area contributed by atoms with Gasteiger partial charge in [-0.05, 0) is 24.3 Å². The van der Waals surface area contributed by atoms with Crippen molar-refractivity contribution in [1.82, 2.24) is 9.97 Å². The average Bonchev–Trinajstić information content (AvgIpc) is 2.53. The highest BCUT2D eigenvalue weighted by atomic mass is 16.5. The maximum Gasteiger partial charge on any atom is 0.336 e. The number of hydrogen-bond donors (Lipinski definition) is 1. The molecular formula is C16H12N2O3. The summed E-state index contributed by atoms with van der Waals surface area (Å²) in [6.45, 7) is 0. The number of pyridine rings is 2. The van der Waals surface area contributed by atoms with Gasteiger partial charge in [0.15, 0.2) is 0 Å². The molecule has 0 saturated carbocycles. The minimum Gasteiger partial charge on any atom is -0.497 e. The second kappa shape index (κ2) is 5.20. The van der Waals surface area contributed by atoms with Crippen LogP contribution in [0.5, 0.6) is 5.75 Å². The molecule has 21 heavy (non-hydrogen) atoms. The molecule has 104 valence electrons. The van der Waals surface area contributed by atoms with Crippen molar-refractivity contribution in [1.29, 1.82) is 0 Å². The van der Waals surface area contributed by atoms with E-state index in [4.69, 9.17) is 4.74 Å². The van der Waals surface area contributed by atoms with Crippen LogP contribution >= 0.6 is 0 Å². The quantitative estimate of drug-likeness (QED) is 0.798. The van der Waals surface area contributed by atoms with Crippen molar-refractivity contribution in [2.24, 2.45) is 0 Å². The van der Waals surface area contributed by atoms with Crippen LogP contribution < -0.4 is 4.74 Å². The number of fused-ring (bicyclic) bond motifs is 1. The summed E-state index contributed by atoms with van der Waals surface area (Å²) in [5, 5.41) is 9.90. The van der Waals surface area contributed by atoms with Crippen molar-refractivity contribution in [3.05, 3.63) is 54.4 Å². The normalized spacial score (nSPS) is 10.5. The SMILES string of the molecule is COc1cccc(-c2cc(C(=O)O)c3cnccc3n2)c1. The van der Waals surface area contributed by atoms with Crippen molar-refractivity contribution in [2.75, 3.05) is 7.11 Å². The zero-order chi connectivity index (χ0) is 14.8. The Morgan fingerprint density at radius 2 is 2.10 bits per heavy atom. The van der Waals surface area contributed by atoms with Gasteiger partial charge in [-0.2, -0.15) is 0 Å². The van der Waals surface area contributed by atoms with Crippen LogP contribution in [0.1, 0.15) is 10.4 Å². The predicted molar refractivity (Wildman–Crippen MR) is 78.5 cm³/mol. The summed E-state index contributed by atoms with van der Waals surface area (Å²) >= 11 is 0. The van der Waals surface area contributed by atoms with E-state index in [9.17, 15) is 9.90 Å². The van der Waals surface area contributed by atoms with Gasteiger partial charge in [0.05, 0.1) is 23.9 Å². The molecule has 0 fully saturated rings. The number of benzene rings is 1. The van der Waals surface area contributed by atoms with Gasteiger partial charge in [-0.3, -0.25) is 4.98 Å². The fourth-order valence-electron chi connectivity index (χ4n) is 2.18. The van der Waals surface area contributed by atoms with Gasteiger partial charge >= 0.3 is 5.97 Å². The Labute approximate surface area is 120 Å². The van der Waals surface area contributed by atoms with Gasteiger partial charge < -0.3 is 9.84 Å². The molecule has 0 unspecified atom stereocenters. The number of nitrogens with zero attached hydrogens (tertiary/aromatic N) is 2. The zero-order valence-corrected chi connectivity index (χ0v) is 11.3. The molecule has 3 rings (SSSR count). The van der Waals surface area contributed by atoms with E-state index in [1.54, 1.807) is 25.4 Å². The third kappa shape index (κ3) is 2.41. The Morgan fingerprint density at radius 1 is 1.24 bits per heavy atom. The van der Waals surface area contributed by atoms with Crippen LogP contribution in [0.4, 0.5) is 0 Å². The highest BCUT2D eigenvalue weighted by Gasteiger charge is 2.13. The lowest BCUT2D eigenvalue weighted by Crippen LogP contribution is -2.00. The van der Waals surface area contributed by atoms with E-state index >= 15 is 0 Å². The third-order valence-electron chi connectivity index (χ3n) is 3.21. The Bertz CT molecular complexity index is 831. The minimum absolute atomic E-state index is 0.186. The largest absolute Gasteiger partial charge is 0.497 e. The van der Waals surface area contributed by atoms with Crippen molar-refractivity contribution in [3.8, 4) is 17.0 Å². The molecule has 1 N–H and O–H groups in total. The van der Waals surface area contributed by atoms with Crippen molar-refractivity contribution in [2.45, 2.75) is 0 Å². The molecule has 0 atom stereocenters. The monoisotopic (exact) mass is 280 g/mol. The molecule has 5 nitrogen and oxygen atoms in total. The molecule has 0 aliphatic rings. The summed E-state index contributed by atoms with van der Waals surface area (Å²) in [5.41, 5.74) is 2.18. The summed E-state index contributed by atoms with van der Waals surface area (Å²) in [4.78, 5) is 19.9. The number of rotatable bonds is 3. The third-order valence-corrected chi connectivity index (χ3v) is 3.21. The summed E-state index contributed by atoms with van der Waals surface area (Å²) < 4.78 is 5.19. The first kappa shape index (κ1) is 13.1. The molecule has 1 aromatic carbocycles. The Balaban J connectivity index is 2.25. The topological polar surface area (TPSA) is 72.3 Å². The van der Waals surface area contributed by atoms with Gasteiger partial charge in [-0.25, -0.2) is 9.78 Å². The van der Waals surface area contributed by atoms with Gasteiger partial charge in [-0.15, -0.1) is 0 Å². The van der Waals surface area contributed by atoms with Crippen LogP contribution in [-0.2, 0) is 0 Å². The number of carboxylic acid groups (broad SMARTS) is 1. The number of carboxylic acids is 1. The standard InChI is InChI=1S/C16H12N2O3/c1-21-11-4-2-3-10(7-11)15-8-12(16(19)20)13-9-17-6-5-14(13)18-15/h2-9H,1H3,(H,19,20). The fraction of sp³-hybridized carbons (Fsp3) is 0.0625. The number of aromatic nitrogens is 2. The van der Waals surface area contributed by atoms with Gasteiger partial charge in [0.1, 0.15) is 5.75 Å². The van der Waals surface area contributed by atoms with Gasteiger partial charge in [-0.1, -0.05) is 12.1 Å². The lowest BCUT2D eigenvalue weighted by Gasteiger charge is -2.08. The predicted octanol–water partition coefficient (Wildman–Crippen LogP) is 3.00. The fourth-order valence-corrected chi connectivity index (χ4v) is 2.18. The number of aromatic carboxylic acids is 1. The smallest absolute Gasteiger partial charge is 0.336 e. The molecule has 0 aliphatic carbocycles. The van der Waals surface area contributed by atoms with Crippen LogP contribution in [-0.4, -0.2) is 28.2 Å². The Hall–Kier alpha value is -2.95. The molecule has 0 aliphatic heterocycles. The molecule has 2 heterocycles. The highest BCUT2D eigenvalue weighted by molar-refractivity contribution is 6.03. The van der Waals surface area contributed by atoms with Gasteiger partial charge in [0.2, 0.25) is 0 Å². The molecule has 0 saturated heterocycles. The van der Waals surface area contributed by atoms with Crippen LogP contribution in [0.3, 0.4) is 0 Å². The van der Waals surface area contributed by atoms with E-state index in [0.717, 1.165) is 5.56 Å². The number of ether oxygens (including phenoxy) is 1. The van der Waals surface area contributed by atoms with E-state index in [0.29, 0.717) is 22.3 Å². The second-order valence-electron chi connectivity index (χ2n) is 4.48. The first-order chi connectivity index (χ1) is 10.2. The number of methoxy groups -OCH3 is 1. The van der Waals surface area contributed by atoms with E-state index < -0.39 is 5.97 Å². The summed E-state index contributed by atoms with van der Waals surface area (Å²) in [6, 6.07) is 10.6. The summed E-state index contributed by atoms with van der Waals surface area (Å²) in [5.74, 6) is -0.305. The zero-order valence-electron chi connectivity index (χ0n) is 11.3. The maximum absolute atomic E-state index is 11.4. The Morgan fingerprint density at radius 3 is 2.86 bits per heavy atom. The summed E-state index contributed by atoms with van der Waals surface area (Å²) in [6.07, 6.45) is 3.11. The first-order valence-corrected chi connectivity index (χ1v) is 6.31. The molecule has 0 bridgehead atoms. The molecule has 0 radical (unpaired) electrons. The number of carbonyl (C=O) groups is 1. The highest BCUT2D eigenvalue weighted by Crippen LogP contribution is 2.26. The maximum atomic E-state index is 11.4. The van der Waals surface area contributed by atoms with Crippen LogP contribution in [0, 0.1) is 0 Å². The van der Waals surface area contributed by atoms with Crippen molar-refractivity contribution in [3.63, 3.8) is 0 Å². The molecular weight excluding hydrogens is 268 g/mol. The molecule has 0 amide bonds. The van der Waals surface area contributed by atoms with E-state index in [-0.39, 0.29) is 5.56 Å². The molecule has 0 spiro atoms. The van der Waals surface area contributed by atoms with E-state index in [1.807, 2.05) is 24.3 Å². The van der Waals surface area contributed by atoms with Gasteiger partial charge in [0, 0.05) is 23.3 Å². The first-order valence-electron chi connectivity index (χ1n) is 6.31. The molecule has 5 heteroatoms. The van der Waals surface area contributed by atoms with Crippen molar-refractivity contribution < 1.29 is 14.6 Å². The lowest BCUT2D eigenvalue weighted by atomic mass is 10.1. The van der Waals surface area contributed by atoms with Crippen LogP contribution in [0.25, 0.3) is 22.2 Å². The van der Waals surface area contributed by atoms with Crippen molar-refractivity contribution >= 4 is 16.9 Å².